The molecule has 3 rings (SSSR count). The lowest BCUT2D eigenvalue weighted by Crippen LogP contribution is -2.40. The van der Waals surface area contributed by atoms with E-state index in [0.29, 0.717) is 27.3 Å². The van der Waals surface area contributed by atoms with Gasteiger partial charge in [-0.3, -0.25) is 9.69 Å². The molecule has 132 valence electrons. The average molecular weight is 409 g/mol. The second kappa shape index (κ2) is 6.44. The molecule has 1 aliphatic heterocycles. The molecular weight excluding hydrogens is 392 g/mol. The Hall–Kier alpha value is -2.48. The van der Waals surface area contributed by atoms with Gasteiger partial charge in [0.15, 0.2) is 17.0 Å². The lowest BCUT2D eigenvalue weighted by molar-refractivity contribution is -0.132. The van der Waals surface area contributed by atoms with Gasteiger partial charge in [-0.15, -0.1) is 0 Å². The van der Waals surface area contributed by atoms with Gasteiger partial charge in [0.1, 0.15) is 5.76 Å². The number of hydrogen-bond donors (Lipinski definition) is 1. The number of carbonyl (C=O) groups excluding carboxylic acids is 2. The van der Waals surface area contributed by atoms with Gasteiger partial charge in [0.25, 0.3) is 5.91 Å². The van der Waals surface area contributed by atoms with E-state index in [1.165, 1.54) is 20.5 Å². The summed E-state index contributed by atoms with van der Waals surface area (Å²) in [6.07, 6.45) is 1.47. The molecule has 1 aromatic heterocycles. The Kier molecular flexibility index (Phi) is 4.47. The van der Waals surface area contributed by atoms with E-state index in [1.807, 2.05) is 0 Å². The van der Waals surface area contributed by atoms with Crippen LogP contribution in [0.5, 0.6) is 11.5 Å². The predicted octanol–water partition coefficient (Wildman–Crippen LogP) is 3.03. The van der Waals surface area contributed by atoms with E-state index in [4.69, 9.17) is 13.9 Å². The first-order valence-corrected chi connectivity index (χ1v) is 8.29. The highest BCUT2D eigenvalue weighted by atomic mass is 79.9. The van der Waals surface area contributed by atoms with Crippen LogP contribution in [0.25, 0.3) is 0 Å². The maximum Gasteiger partial charge on any atom is 0.325 e. The maximum absolute atomic E-state index is 12.8. The fourth-order valence-electron chi connectivity index (χ4n) is 2.79. The van der Waals surface area contributed by atoms with E-state index in [1.54, 1.807) is 31.2 Å². The summed E-state index contributed by atoms with van der Waals surface area (Å²) in [6, 6.07) is 6.35. The van der Waals surface area contributed by atoms with Crippen molar-refractivity contribution in [3.05, 3.63) is 46.3 Å². The van der Waals surface area contributed by atoms with Gasteiger partial charge in [0, 0.05) is 0 Å². The van der Waals surface area contributed by atoms with Crippen molar-refractivity contribution in [1.29, 1.82) is 0 Å². The molecule has 3 amide bonds. The summed E-state index contributed by atoms with van der Waals surface area (Å²) < 4.78 is 16.5. The molecule has 25 heavy (non-hydrogen) atoms. The third kappa shape index (κ3) is 2.76. The second-order valence-corrected chi connectivity index (χ2v) is 6.49. The minimum atomic E-state index is -1.22. The number of rotatable bonds is 5. The summed E-state index contributed by atoms with van der Waals surface area (Å²) in [6.45, 7) is 1.71. The van der Waals surface area contributed by atoms with E-state index >= 15 is 0 Å². The van der Waals surface area contributed by atoms with Crippen LogP contribution in [0.1, 0.15) is 18.2 Å². The number of amides is 3. The Morgan fingerprint density at radius 1 is 1.24 bits per heavy atom. The largest absolute Gasteiger partial charge is 0.493 e. The molecule has 0 spiro atoms. The van der Waals surface area contributed by atoms with Gasteiger partial charge in [-0.25, -0.2) is 4.79 Å². The normalized spacial score (nSPS) is 19.9. The van der Waals surface area contributed by atoms with Gasteiger partial charge in [0.2, 0.25) is 0 Å². The Bertz CT molecular complexity index is 821. The van der Waals surface area contributed by atoms with Crippen molar-refractivity contribution in [2.75, 3.05) is 14.2 Å². The monoisotopic (exact) mass is 408 g/mol. The van der Waals surface area contributed by atoms with Crippen LogP contribution in [-0.4, -0.2) is 31.1 Å². The number of imide groups is 1. The van der Waals surface area contributed by atoms with Crippen molar-refractivity contribution in [2.45, 2.75) is 19.0 Å². The van der Waals surface area contributed by atoms with Gasteiger partial charge < -0.3 is 19.2 Å². The molecule has 0 radical (unpaired) electrons. The molecule has 1 aliphatic rings. The van der Waals surface area contributed by atoms with Gasteiger partial charge >= 0.3 is 6.03 Å². The number of carbonyl (C=O) groups is 2. The van der Waals surface area contributed by atoms with Crippen molar-refractivity contribution in [3.8, 4) is 11.5 Å². The minimum absolute atomic E-state index is 0.0852. The van der Waals surface area contributed by atoms with E-state index in [9.17, 15) is 9.59 Å². The third-order valence-corrected chi connectivity index (χ3v) is 5.05. The summed E-state index contributed by atoms with van der Waals surface area (Å²) in [5.41, 5.74) is -0.506. The standard InChI is InChI=1S/C17H17BrN2O5/c1-17(12-5-4-8-25-12)15(21)20(16(22)19-17)9-10-6-7-11(23-2)14(24-3)13(10)18/h4-8H,9H2,1-3H3,(H,19,22)/t17-/m1/s1. The Morgan fingerprint density at radius 2 is 2.00 bits per heavy atom. The number of hydrogen-bond acceptors (Lipinski definition) is 5. The minimum Gasteiger partial charge on any atom is -0.493 e. The predicted molar refractivity (Wildman–Crippen MR) is 92.4 cm³/mol. The molecule has 0 unspecified atom stereocenters. The summed E-state index contributed by atoms with van der Waals surface area (Å²) in [5.74, 6) is 1.06. The van der Waals surface area contributed by atoms with Crippen LogP contribution in [0.15, 0.2) is 39.4 Å². The van der Waals surface area contributed by atoms with Crippen molar-refractivity contribution in [2.24, 2.45) is 0 Å². The fraction of sp³-hybridized carbons (Fsp3) is 0.294. The zero-order valence-electron chi connectivity index (χ0n) is 14.0. The van der Waals surface area contributed by atoms with Crippen LogP contribution in [0.4, 0.5) is 4.79 Å². The molecule has 1 fully saturated rings. The molecule has 0 saturated carbocycles. The molecule has 2 heterocycles. The van der Waals surface area contributed by atoms with Gasteiger partial charge in [-0.2, -0.15) is 0 Å². The second-order valence-electron chi connectivity index (χ2n) is 5.70. The highest BCUT2D eigenvalue weighted by Crippen LogP contribution is 2.39. The summed E-state index contributed by atoms with van der Waals surface area (Å²) >= 11 is 3.45. The molecule has 1 atom stereocenters. The SMILES string of the molecule is COc1ccc(CN2C(=O)N[C@](C)(c3ccco3)C2=O)c(Br)c1OC. The molecule has 0 bridgehead atoms. The lowest BCUT2D eigenvalue weighted by atomic mass is 9.99. The Balaban J connectivity index is 1.92. The molecule has 1 saturated heterocycles. The maximum atomic E-state index is 12.8. The van der Waals surface area contributed by atoms with Crippen molar-refractivity contribution >= 4 is 27.9 Å². The number of urea groups is 1. The first-order chi connectivity index (χ1) is 11.9. The number of benzene rings is 1. The first kappa shape index (κ1) is 17.3. The number of ether oxygens (including phenoxy) is 2. The highest BCUT2D eigenvalue weighted by Gasteiger charge is 2.51. The van der Waals surface area contributed by atoms with Gasteiger partial charge in [-0.05, 0) is 46.6 Å². The van der Waals surface area contributed by atoms with Crippen LogP contribution in [0.3, 0.4) is 0 Å². The molecule has 1 N–H and O–H groups in total. The van der Waals surface area contributed by atoms with Gasteiger partial charge in [0.05, 0.1) is 31.5 Å². The van der Waals surface area contributed by atoms with Crippen molar-refractivity contribution in [3.63, 3.8) is 0 Å². The summed E-state index contributed by atoms with van der Waals surface area (Å²) in [4.78, 5) is 26.4. The summed E-state index contributed by atoms with van der Waals surface area (Å²) in [7, 11) is 3.06. The zero-order valence-corrected chi connectivity index (χ0v) is 15.5. The highest BCUT2D eigenvalue weighted by molar-refractivity contribution is 9.10. The van der Waals surface area contributed by atoms with Crippen molar-refractivity contribution in [1.82, 2.24) is 10.2 Å². The zero-order chi connectivity index (χ0) is 18.2. The van der Waals surface area contributed by atoms with Crippen molar-refractivity contribution < 1.29 is 23.5 Å². The number of nitrogens with one attached hydrogen (secondary N) is 1. The van der Waals surface area contributed by atoms with Gasteiger partial charge in [-0.1, -0.05) is 6.07 Å². The molecule has 8 heteroatoms. The fourth-order valence-corrected chi connectivity index (χ4v) is 3.41. The number of nitrogens with zero attached hydrogens (tertiary/aromatic N) is 1. The lowest BCUT2D eigenvalue weighted by Gasteiger charge is -2.20. The van der Waals surface area contributed by atoms with Crippen LogP contribution < -0.4 is 14.8 Å². The van der Waals surface area contributed by atoms with Crippen LogP contribution in [0.2, 0.25) is 0 Å². The molecule has 0 aliphatic carbocycles. The van der Waals surface area contributed by atoms with E-state index in [2.05, 4.69) is 21.2 Å². The Labute approximate surface area is 153 Å². The van der Waals surface area contributed by atoms with E-state index < -0.39 is 11.6 Å². The smallest absolute Gasteiger partial charge is 0.325 e. The van der Waals surface area contributed by atoms with Crippen LogP contribution >= 0.6 is 15.9 Å². The summed E-state index contributed by atoms with van der Waals surface area (Å²) in [5, 5.41) is 2.70. The number of halogens is 1. The molecular formula is C17H17BrN2O5. The third-order valence-electron chi connectivity index (χ3n) is 4.18. The first-order valence-electron chi connectivity index (χ1n) is 7.49. The van der Waals surface area contributed by atoms with Crippen LogP contribution in [0, 0.1) is 0 Å². The number of furan rings is 1. The topological polar surface area (TPSA) is 81.0 Å². The number of methoxy groups -OCH3 is 2. The van der Waals surface area contributed by atoms with E-state index in [-0.39, 0.29) is 12.5 Å². The quantitative estimate of drug-likeness (QED) is 0.768. The van der Waals surface area contributed by atoms with E-state index in [0.717, 1.165) is 4.90 Å². The molecule has 7 nitrogen and oxygen atoms in total. The van der Waals surface area contributed by atoms with Crippen LogP contribution in [-0.2, 0) is 16.9 Å². The molecule has 1 aromatic carbocycles. The average Bonchev–Trinajstić information content (AvgIpc) is 3.20. The molecule has 2 aromatic rings. The Morgan fingerprint density at radius 3 is 2.60 bits per heavy atom.